The number of nitriles is 1. The van der Waals surface area contributed by atoms with Gasteiger partial charge in [0, 0.05) is 57.9 Å². The monoisotopic (exact) mass is 663 g/mol. The van der Waals surface area contributed by atoms with Crippen LogP contribution in [-0.4, -0.2) is 95.6 Å². The van der Waals surface area contributed by atoms with E-state index in [0.29, 0.717) is 39.8 Å². The van der Waals surface area contributed by atoms with Crippen LogP contribution in [0.4, 0.5) is 10.6 Å². The Morgan fingerprint density at radius 2 is 1.68 bits per heavy atom. The summed E-state index contributed by atoms with van der Waals surface area (Å²) in [5, 5.41) is 21.3. The van der Waals surface area contributed by atoms with Gasteiger partial charge in [0.25, 0.3) is 5.91 Å². The Labute approximate surface area is 282 Å². The highest BCUT2D eigenvalue weighted by atomic mass is 35.5. The largest absolute Gasteiger partial charge is 0.490 e. The number of rotatable bonds is 7. The molecule has 47 heavy (non-hydrogen) atoms. The topological polar surface area (TPSA) is 124 Å². The third-order valence-corrected chi connectivity index (χ3v) is 10.2. The number of hydrogen-bond donors (Lipinski definition) is 1. The van der Waals surface area contributed by atoms with Gasteiger partial charge in [0.05, 0.1) is 16.7 Å². The smallest absolute Gasteiger partial charge is 0.410 e. The van der Waals surface area contributed by atoms with Gasteiger partial charge in [-0.25, -0.2) is 4.79 Å². The number of piperidine rings is 1. The summed E-state index contributed by atoms with van der Waals surface area (Å²) in [4.78, 5) is 32.2. The predicted octanol–water partition coefficient (Wildman–Crippen LogP) is 5.14. The van der Waals surface area contributed by atoms with Crippen molar-refractivity contribution in [2.45, 2.75) is 77.0 Å². The van der Waals surface area contributed by atoms with Gasteiger partial charge in [0.15, 0.2) is 11.5 Å². The molecule has 2 unspecified atom stereocenters. The van der Waals surface area contributed by atoms with Crippen molar-refractivity contribution in [1.82, 2.24) is 25.3 Å². The Hall–Kier alpha value is -3.62. The molecule has 0 bridgehead atoms. The maximum Gasteiger partial charge on any atom is 0.410 e. The second-order valence-corrected chi connectivity index (χ2v) is 15.1. The van der Waals surface area contributed by atoms with E-state index >= 15 is 0 Å². The zero-order chi connectivity index (χ0) is 33.1. The van der Waals surface area contributed by atoms with Crippen molar-refractivity contribution in [2.75, 3.05) is 50.7 Å². The van der Waals surface area contributed by atoms with Gasteiger partial charge in [-0.2, -0.15) is 5.26 Å². The van der Waals surface area contributed by atoms with E-state index < -0.39 is 5.60 Å². The SMILES string of the molecule is CC(C)(C)OC(=O)N1CC2CN(CC3CCN(c4ccc(C(=O)N[C@H]5CC[C@H](Oc6ccc(C#N)c(Cl)c6)CC5)nn4)CC3)CC2C1. The van der Waals surface area contributed by atoms with Gasteiger partial charge < -0.3 is 29.5 Å². The van der Waals surface area contributed by atoms with Gasteiger partial charge in [-0.3, -0.25) is 4.79 Å². The number of ether oxygens (including phenoxy) is 2. The highest BCUT2D eigenvalue weighted by Crippen LogP contribution is 2.34. The van der Waals surface area contributed by atoms with Crippen LogP contribution < -0.4 is 15.0 Å². The lowest BCUT2D eigenvalue weighted by atomic mass is 9.93. The highest BCUT2D eigenvalue weighted by molar-refractivity contribution is 6.31. The zero-order valence-electron chi connectivity index (χ0n) is 27.7. The van der Waals surface area contributed by atoms with Crippen molar-refractivity contribution < 1.29 is 19.1 Å². The van der Waals surface area contributed by atoms with Crippen molar-refractivity contribution in [2.24, 2.45) is 17.8 Å². The van der Waals surface area contributed by atoms with Gasteiger partial charge >= 0.3 is 6.09 Å². The summed E-state index contributed by atoms with van der Waals surface area (Å²) in [6.07, 6.45) is 5.31. The summed E-state index contributed by atoms with van der Waals surface area (Å²) in [6, 6.07) is 10.9. The number of amides is 2. The normalized spacial score (nSPS) is 25.3. The standard InChI is InChI=1S/C35H46ClN7O4/c1-35(2,3)47-34(45)43-21-25-19-41(20-26(25)22-43)18-23-12-14-42(15-13-23)32-11-10-31(39-40-32)33(44)38-27-5-8-28(9-6-27)46-29-7-4-24(17-37)30(36)16-29/h4,7,10-11,16,23,25-28H,5-6,8-9,12-15,18-22H2,1-3H3,(H,38,44)/t25?,26?,27-,28-. The number of carbonyl (C=O) groups excluding carboxylic acids is 2. The summed E-state index contributed by atoms with van der Waals surface area (Å²) in [6.45, 7) is 12.4. The first-order valence-electron chi connectivity index (χ1n) is 17.0. The molecule has 4 aliphatic rings. The molecular weight excluding hydrogens is 618 g/mol. The van der Waals surface area contributed by atoms with Crippen LogP contribution in [0.15, 0.2) is 30.3 Å². The molecule has 0 spiro atoms. The van der Waals surface area contributed by atoms with Crippen LogP contribution in [0, 0.1) is 29.1 Å². The van der Waals surface area contributed by atoms with E-state index in [-0.39, 0.29) is 24.1 Å². The van der Waals surface area contributed by atoms with E-state index in [9.17, 15) is 9.59 Å². The molecule has 1 N–H and O–H groups in total. The third-order valence-electron chi connectivity index (χ3n) is 9.92. The van der Waals surface area contributed by atoms with Gasteiger partial charge in [-0.15, -0.1) is 10.2 Å². The molecule has 1 aromatic carbocycles. The molecule has 1 saturated carbocycles. The predicted molar refractivity (Wildman–Crippen MR) is 179 cm³/mol. The molecular formula is C35H46ClN7O4. The molecule has 2 atom stereocenters. The van der Waals surface area contributed by atoms with E-state index in [2.05, 4.69) is 31.4 Å². The van der Waals surface area contributed by atoms with Crippen LogP contribution in [0.3, 0.4) is 0 Å². The number of nitrogens with zero attached hydrogens (tertiary/aromatic N) is 6. The fourth-order valence-corrected chi connectivity index (χ4v) is 7.69. The number of likely N-dealkylation sites (tertiary alicyclic amines) is 2. The minimum Gasteiger partial charge on any atom is -0.490 e. The van der Waals surface area contributed by atoms with Crippen LogP contribution in [0.25, 0.3) is 0 Å². The number of hydrogen-bond acceptors (Lipinski definition) is 9. The van der Waals surface area contributed by atoms with E-state index in [1.165, 1.54) is 0 Å². The molecule has 0 radical (unpaired) electrons. The fraction of sp³-hybridized carbons (Fsp3) is 0.629. The molecule has 1 aliphatic carbocycles. The van der Waals surface area contributed by atoms with Crippen molar-refractivity contribution in [3.63, 3.8) is 0 Å². The van der Waals surface area contributed by atoms with Gasteiger partial charge in [0.2, 0.25) is 0 Å². The lowest BCUT2D eigenvalue weighted by Crippen LogP contribution is -2.41. The van der Waals surface area contributed by atoms with E-state index in [1.807, 2.05) is 31.7 Å². The van der Waals surface area contributed by atoms with Crippen LogP contribution in [0.2, 0.25) is 5.02 Å². The number of anilines is 1. The van der Waals surface area contributed by atoms with Crippen LogP contribution in [-0.2, 0) is 4.74 Å². The lowest BCUT2D eigenvalue weighted by Gasteiger charge is -2.34. The van der Waals surface area contributed by atoms with E-state index in [4.69, 9.17) is 26.3 Å². The maximum absolute atomic E-state index is 12.9. The van der Waals surface area contributed by atoms with Crippen molar-refractivity contribution >= 4 is 29.4 Å². The number of fused-ring (bicyclic) bond motifs is 1. The molecule has 11 nitrogen and oxygen atoms in total. The molecule has 1 aromatic heterocycles. The molecule has 2 amide bonds. The van der Waals surface area contributed by atoms with Crippen LogP contribution in [0.5, 0.6) is 5.75 Å². The summed E-state index contributed by atoms with van der Waals surface area (Å²) in [5.74, 6) is 3.00. The molecule has 3 saturated heterocycles. The summed E-state index contributed by atoms with van der Waals surface area (Å²) in [5.41, 5.74) is 0.305. The number of aromatic nitrogens is 2. The fourth-order valence-electron chi connectivity index (χ4n) is 7.48. The average molecular weight is 664 g/mol. The second kappa shape index (κ2) is 14.2. The first-order valence-corrected chi connectivity index (χ1v) is 17.4. The Morgan fingerprint density at radius 1 is 0.979 bits per heavy atom. The number of carbonyl (C=O) groups is 2. The number of nitrogens with one attached hydrogen (secondary N) is 1. The Morgan fingerprint density at radius 3 is 2.28 bits per heavy atom. The maximum atomic E-state index is 12.9. The Bertz CT molecular complexity index is 1450. The minimum absolute atomic E-state index is 0.0437. The molecule has 4 heterocycles. The van der Waals surface area contributed by atoms with Gasteiger partial charge in [0.1, 0.15) is 17.4 Å². The summed E-state index contributed by atoms with van der Waals surface area (Å²) in [7, 11) is 0. The van der Waals surface area contributed by atoms with Crippen molar-refractivity contribution in [3.8, 4) is 11.8 Å². The zero-order valence-corrected chi connectivity index (χ0v) is 28.4. The molecule has 4 fully saturated rings. The Balaban J connectivity index is 0.890. The van der Waals surface area contributed by atoms with Crippen molar-refractivity contribution in [3.05, 3.63) is 46.6 Å². The molecule has 2 aromatic rings. The van der Waals surface area contributed by atoms with Gasteiger partial charge in [-0.1, -0.05) is 11.6 Å². The highest BCUT2D eigenvalue weighted by Gasteiger charge is 2.43. The van der Waals surface area contributed by atoms with Crippen molar-refractivity contribution in [1.29, 1.82) is 5.26 Å². The van der Waals surface area contributed by atoms with Gasteiger partial charge in [-0.05, 0) is 101 Å². The van der Waals surface area contributed by atoms with Crippen LogP contribution in [0.1, 0.15) is 75.3 Å². The minimum atomic E-state index is -0.457. The lowest BCUT2D eigenvalue weighted by molar-refractivity contribution is 0.0273. The molecule has 3 aliphatic heterocycles. The third kappa shape index (κ3) is 8.46. The summed E-state index contributed by atoms with van der Waals surface area (Å²) >= 11 is 6.13. The number of benzene rings is 1. The molecule has 6 rings (SSSR count). The number of halogens is 1. The Kier molecular flexibility index (Phi) is 10.1. The first-order chi connectivity index (χ1) is 22.5. The van der Waals surface area contributed by atoms with Crippen LogP contribution >= 0.6 is 11.6 Å². The van der Waals surface area contributed by atoms with E-state index in [0.717, 1.165) is 90.2 Å². The first kappa shape index (κ1) is 33.3. The van der Waals surface area contributed by atoms with E-state index in [1.54, 1.807) is 24.3 Å². The average Bonchev–Trinajstić information content (AvgIpc) is 3.61. The quantitative estimate of drug-likeness (QED) is 0.429. The molecule has 12 heteroatoms. The summed E-state index contributed by atoms with van der Waals surface area (Å²) < 4.78 is 11.7. The second-order valence-electron chi connectivity index (χ2n) is 14.6. The molecule has 252 valence electrons.